The highest BCUT2D eigenvalue weighted by atomic mass is 127. The first-order chi connectivity index (χ1) is 8.30. The lowest BCUT2D eigenvalue weighted by Gasteiger charge is -2.33. The molecular weight excluding hydrogens is 407 g/mol. The van der Waals surface area contributed by atoms with Crippen molar-refractivity contribution in [2.75, 3.05) is 6.54 Å². The molecule has 0 aromatic heterocycles. The fourth-order valence-electron chi connectivity index (χ4n) is 1.43. The molecule has 100 valence electrons. The molecule has 0 bridgehead atoms. The van der Waals surface area contributed by atoms with E-state index in [4.69, 9.17) is 5.73 Å². The Morgan fingerprint density at radius 2 is 2.17 bits per heavy atom. The van der Waals surface area contributed by atoms with Crippen molar-refractivity contribution in [2.24, 2.45) is 11.7 Å². The van der Waals surface area contributed by atoms with Crippen LogP contribution < -0.4 is 11.1 Å². The summed E-state index contributed by atoms with van der Waals surface area (Å²) in [5.41, 5.74) is 6.02. The largest absolute Gasteiger partial charge is 0.345 e. The zero-order valence-electron chi connectivity index (χ0n) is 10.8. The molecule has 0 aliphatic rings. The Morgan fingerprint density at radius 1 is 1.56 bits per heavy atom. The van der Waals surface area contributed by atoms with Gasteiger partial charge < -0.3 is 11.1 Å². The number of halogens is 2. The molecule has 5 heteroatoms. The fourth-order valence-corrected chi connectivity index (χ4v) is 2.35. The monoisotopic (exact) mass is 424 g/mol. The number of amides is 1. The van der Waals surface area contributed by atoms with Crippen LogP contribution in [0.3, 0.4) is 0 Å². The van der Waals surface area contributed by atoms with Crippen LogP contribution in [0.5, 0.6) is 0 Å². The van der Waals surface area contributed by atoms with Crippen LogP contribution in [0, 0.1) is 9.49 Å². The van der Waals surface area contributed by atoms with E-state index in [1.54, 1.807) is 0 Å². The molecule has 0 saturated carbocycles. The minimum Gasteiger partial charge on any atom is -0.345 e. The Labute approximate surface area is 130 Å². The third-order valence-electron chi connectivity index (χ3n) is 3.27. The topological polar surface area (TPSA) is 55.1 Å². The van der Waals surface area contributed by atoms with Crippen molar-refractivity contribution in [1.82, 2.24) is 5.32 Å². The summed E-state index contributed by atoms with van der Waals surface area (Å²) in [5.74, 6) is 0.176. The van der Waals surface area contributed by atoms with E-state index in [0.29, 0.717) is 12.1 Å². The lowest BCUT2D eigenvalue weighted by molar-refractivity contribution is 0.0882. The highest BCUT2D eigenvalue weighted by Crippen LogP contribution is 2.21. The van der Waals surface area contributed by atoms with Crippen molar-refractivity contribution < 1.29 is 4.79 Å². The van der Waals surface area contributed by atoms with Gasteiger partial charge in [0.1, 0.15) is 0 Å². The summed E-state index contributed by atoms with van der Waals surface area (Å²) in [5, 5.41) is 3.03. The van der Waals surface area contributed by atoms with Gasteiger partial charge in [0.05, 0.1) is 11.1 Å². The molecule has 0 spiro atoms. The third kappa shape index (κ3) is 3.68. The Morgan fingerprint density at radius 3 is 2.67 bits per heavy atom. The molecule has 1 atom stereocenters. The normalized spacial score (nSPS) is 14.4. The minimum atomic E-state index is -0.391. The van der Waals surface area contributed by atoms with Crippen LogP contribution in [0.15, 0.2) is 22.7 Å². The first kappa shape index (κ1) is 15.9. The predicted molar refractivity (Wildman–Crippen MR) is 86.6 cm³/mol. The molecule has 18 heavy (non-hydrogen) atoms. The summed E-state index contributed by atoms with van der Waals surface area (Å²) < 4.78 is 1.82. The van der Waals surface area contributed by atoms with Gasteiger partial charge in [-0.1, -0.05) is 13.8 Å². The second-order valence-electron chi connectivity index (χ2n) is 4.85. The molecule has 0 aliphatic carbocycles. The molecule has 0 heterocycles. The van der Waals surface area contributed by atoms with E-state index in [-0.39, 0.29) is 11.8 Å². The average molecular weight is 425 g/mol. The number of nitrogens with two attached hydrogens (primary N) is 1. The number of hydrogen-bond acceptors (Lipinski definition) is 2. The van der Waals surface area contributed by atoms with Crippen molar-refractivity contribution in [3.8, 4) is 0 Å². The average Bonchev–Trinajstić information content (AvgIpc) is 2.31. The van der Waals surface area contributed by atoms with Crippen LogP contribution in [0.4, 0.5) is 0 Å². The molecule has 0 saturated heterocycles. The maximum absolute atomic E-state index is 12.3. The van der Waals surface area contributed by atoms with E-state index in [1.807, 2.05) is 25.1 Å². The zero-order valence-corrected chi connectivity index (χ0v) is 14.5. The van der Waals surface area contributed by atoms with E-state index >= 15 is 0 Å². The molecule has 1 amide bonds. The minimum absolute atomic E-state index is 0.0953. The van der Waals surface area contributed by atoms with E-state index in [2.05, 4.69) is 57.7 Å². The van der Waals surface area contributed by atoms with Crippen molar-refractivity contribution in [1.29, 1.82) is 0 Å². The quantitative estimate of drug-likeness (QED) is 0.729. The fraction of sp³-hybridized carbons (Fsp3) is 0.462. The van der Waals surface area contributed by atoms with E-state index in [9.17, 15) is 4.79 Å². The van der Waals surface area contributed by atoms with Gasteiger partial charge in [0, 0.05) is 14.6 Å². The molecule has 1 aromatic carbocycles. The van der Waals surface area contributed by atoms with Gasteiger partial charge in [-0.3, -0.25) is 4.79 Å². The Bertz CT molecular complexity index is 451. The van der Waals surface area contributed by atoms with Crippen LogP contribution in [-0.2, 0) is 0 Å². The summed E-state index contributed by atoms with van der Waals surface area (Å²) >= 11 is 5.59. The number of rotatable bonds is 4. The van der Waals surface area contributed by atoms with Crippen molar-refractivity contribution in [2.45, 2.75) is 26.3 Å². The molecule has 3 nitrogen and oxygen atoms in total. The zero-order chi connectivity index (χ0) is 13.9. The Kier molecular flexibility index (Phi) is 5.61. The summed E-state index contributed by atoms with van der Waals surface area (Å²) in [6, 6.07) is 5.69. The number of hydrogen-bond donors (Lipinski definition) is 2. The van der Waals surface area contributed by atoms with Gasteiger partial charge in [0.25, 0.3) is 5.91 Å². The molecule has 1 rings (SSSR count). The smallest absolute Gasteiger partial charge is 0.252 e. The second-order valence-corrected chi connectivity index (χ2v) is 6.95. The SMILES string of the molecule is CC(C)C(C)(CN)NC(=O)c1cc(I)ccc1Br. The second kappa shape index (κ2) is 6.34. The van der Waals surface area contributed by atoms with E-state index in [1.165, 1.54) is 0 Å². The van der Waals surface area contributed by atoms with Gasteiger partial charge in [-0.2, -0.15) is 0 Å². The first-order valence-corrected chi connectivity index (χ1v) is 7.65. The molecular formula is C13H18BrIN2O. The first-order valence-electron chi connectivity index (χ1n) is 5.78. The Balaban J connectivity index is 2.98. The van der Waals surface area contributed by atoms with Gasteiger partial charge in [-0.25, -0.2) is 0 Å². The van der Waals surface area contributed by atoms with Crippen LogP contribution in [0.2, 0.25) is 0 Å². The maximum Gasteiger partial charge on any atom is 0.252 e. The lowest BCUT2D eigenvalue weighted by atomic mass is 9.88. The van der Waals surface area contributed by atoms with Crippen molar-refractivity contribution in [3.63, 3.8) is 0 Å². The predicted octanol–water partition coefficient (Wildman–Crippen LogP) is 3.16. The molecule has 3 N–H and O–H groups in total. The summed E-state index contributed by atoms with van der Waals surface area (Å²) in [4.78, 5) is 12.3. The molecule has 0 aliphatic heterocycles. The standard InChI is InChI=1S/C13H18BrIN2O/c1-8(2)13(3,7-16)17-12(18)10-6-9(15)4-5-11(10)14/h4-6,8H,7,16H2,1-3H3,(H,17,18). The highest BCUT2D eigenvalue weighted by Gasteiger charge is 2.29. The van der Waals surface area contributed by atoms with Gasteiger partial charge in [0.2, 0.25) is 0 Å². The molecule has 0 radical (unpaired) electrons. The number of carbonyl (C=O) groups is 1. The van der Waals surface area contributed by atoms with E-state index < -0.39 is 5.54 Å². The van der Waals surface area contributed by atoms with Crippen molar-refractivity contribution in [3.05, 3.63) is 31.8 Å². The van der Waals surface area contributed by atoms with Gasteiger partial charge >= 0.3 is 0 Å². The van der Waals surface area contributed by atoms with Crippen molar-refractivity contribution >= 4 is 44.4 Å². The highest BCUT2D eigenvalue weighted by molar-refractivity contribution is 14.1. The van der Waals surface area contributed by atoms with Crippen LogP contribution >= 0.6 is 38.5 Å². The van der Waals surface area contributed by atoms with Crippen LogP contribution in [0.1, 0.15) is 31.1 Å². The molecule has 0 fully saturated rings. The summed E-state index contributed by atoms with van der Waals surface area (Å²) in [6.07, 6.45) is 0. The summed E-state index contributed by atoms with van der Waals surface area (Å²) in [7, 11) is 0. The van der Waals surface area contributed by atoms with Gasteiger partial charge in [-0.05, 0) is 69.6 Å². The lowest BCUT2D eigenvalue weighted by Crippen LogP contribution is -2.55. The Hall–Kier alpha value is -0.140. The summed E-state index contributed by atoms with van der Waals surface area (Å²) in [6.45, 7) is 6.49. The van der Waals surface area contributed by atoms with E-state index in [0.717, 1.165) is 8.04 Å². The number of nitrogens with one attached hydrogen (secondary N) is 1. The van der Waals surface area contributed by atoms with Crippen LogP contribution in [0.25, 0.3) is 0 Å². The van der Waals surface area contributed by atoms with Gasteiger partial charge in [-0.15, -0.1) is 0 Å². The number of benzene rings is 1. The number of carbonyl (C=O) groups excluding carboxylic acids is 1. The maximum atomic E-state index is 12.3. The third-order valence-corrected chi connectivity index (χ3v) is 4.63. The molecule has 1 aromatic rings. The van der Waals surface area contributed by atoms with Crippen LogP contribution in [-0.4, -0.2) is 18.0 Å². The van der Waals surface area contributed by atoms with Gasteiger partial charge in [0.15, 0.2) is 0 Å². The molecule has 1 unspecified atom stereocenters.